The zero-order valence-corrected chi connectivity index (χ0v) is 11.7. The van der Waals surface area contributed by atoms with Gasteiger partial charge in [-0.25, -0.2) is 13.1 Å². The minimum absolute atomic E-state index is 0.0219. The summed E-state index contributed by atoms with van der Waals surface area (Å²) in [4.78, 5) is 10.9. The summed E-state index contributed by atoms with van der Waals surface area (Å²) in [5.41, 5.74) is -1.62. The molecule has 8 nitrogen and oxygen atoms in total. The van der Waals surface area contributed by atoms with Crippen LogP contribution in [0.2, 0.25) is 0 Å². The molecule has 0 saturated carbocycles. The molecule has 1 aromatic heterocycles. The maximum Gasteiger partial charge on any atom is 0.324 e. The Morgan fingerprint density at radius 1 is 1.53 bits per heavy atom. The first-order valence-corrected chi connectivity index (χ1v) is 6.68. The van der Waals surface area contributed by atoms with E-state index in [4.69, 9.17) is 5.11 Å². The first-order chi connectivity index (χ1) is 7.58. The Labute approximate surface area is 106 Å². The van der Waals surface area contributed by atoms with Gasteiger partial charge in [0.15, 0.2) is 4.60 Å². The SMILES string of the molecule is Cn1nnc(Br)c1S(=O)(=O)NC(C)(C)C(=O)O. The normalized spacial score (nSPS) is 12.7. The second-order valence-corrected chi connectivity index (χ2v) is 6.19. The van der Waals surface area contributed by atoms with Gasteiger partial charge in [0.1, 0.15) is 5.54 Å². The Morgan fingerprint density at radius 2 is 2.06 bits per heavy atom. The lowest BCUT2D eigenvalue weighted by Gasteiger charge is -2.20. The molecule has 17 heavy (non-hydrogen) atoms. The average Bonchev–Trinajstić information content (AvgIpc) is 2.44. The van der Waals surface area contributed by atoms with Crippen LogP contribution >= 0.6 is 15.9 Å². The van der Waals surface area contributed by atoms with Crippen molar-refractivity contribution in [3.63, 3.8) is 0 Å². The molecule has 0 bridgehead atoms. The number of nitrogens with one attached hydrogen (secondary N) is 1. The Hall–Kier alpha value is -1.00. The lowest BCUT2D eigenvalue weighted by atomic mass is 10.1. The smallest absolute Gasteiger partial charge is 0.324 e. The molecule has 1 heterocycles. The predicted octanol–water partition coefficient (Wildman–Crippen LogP) is -0.281. The second-order valence-electron chi connectivity index (χ2n) is 3.84. The fraction of sp³-hybridized carbons (Fsp3) is 0.571. The van der Waals surface area contributed by atoms with Crippen molar-refractivity contribution in [3.05, 3.63) is 4.60 Å². The molecule has 1 aromatic rings. The number of carboxylic acids is 1. The number of aryl methyl sites for hydroxylation is 1. The van der Waals surface area contributed by atoms with Gasteiger partial charge in [0.05, 0.1) is 0 Å². The number of halogens is 1. The molecule has 96 valence electrons. The fourth-order valence-electron chi connectivity index (χ4n) is 1.04. The molecule has 0 amide bonds. The summed E-state index contributed by atoms with van der Waals surface area (Å²) in [6, 6.07) is 0. The van der Waals surface area contributed by atoms with E-state index in [1.165, 1.54) is 20.9 Å². The van der Waals surface area contributed by atoms with Crippen LogP contribution in [0.3, 0.4) is 0 Å². The number of hydrogen-bond acceptors (Lipinski definition) is 5. The number of carbonyl (C=O) groups is 1. The maximum atomic E-state index is 11.9. The van der Waals surface area contributed by atoms with Crippen LogP contribution in [-0.4, -0.2) is 40.0 Å². The van der Waals surface area contributed by atoms with Crippen molar-refractivity contribution < 1.29 is 18.3 Å². The lowest BCUT2D eigenvalue weighted by molar-refractivity contribution is -0.142. The largest absolute Gasteiger partial charge is 0.480 e. The van der Waals surface area contributed by atoms with Crippen molar-refractivity contribution >= 4 is 31.9 Å². The summed E-state index contributed by atoms with van der Waals surface area (Å²) < 4.78 is 27.0. The quantitative estimate of drug-likeness (QED) is 0.786. The second kappa shape index (κ2) is 4.35. The van der Waals surface area contributed by atoms with Gasteiger partial charge >= 0.3 is 5.97 Å². The number of aliphatic carboxylic acids is 1. The summed E-state index contributed by atoms with van der Waals surface area (Å²) in [6.07, 6.45) is 0. The molecule has 0 aliphatic rings. The van der Waals surface area contributed by atoms with Gasteiger partial charge in [0.25, 0.3) is 10.0 Å². The molecule has 0 radical (unpaired) electrons. The zero-order valence-electron chi connectivity index (χ0n) is 9.30. The Morgan fingerprint density at radius 3 is 2.41 bits per heavy atom. The minimum Gasteiger partial charge on any atom is -0.480 e. The van der Waals surface area contributed by atoms with E-state index in [1.807, 2.05) is 0 Å². The summed E-state index contributed by atoms with van der Waals surface area (Å²) in [5, 5.41) is 15.7. The first-order valence-electron chi connectivity index (χ1n) is 4.40. The standard InChI is InChI=1S/C7H11BrN4O4S/c1-7(2,6(13)14)10-17(15,16)5-4(8)9-11-12(5)3/h10H,1-3H3,(H,13,14). The van der Waals surface area contributed by atoms with Crippen LogP contribution in [0.15, 0.2) is 9.63 Å². The molecule has 0 unspecified atom stereocenters. The van der Waals surface area contributed by atoms with E-state index in [-0.39, 0.29) is 9.63 Å². The fourth-order valence-corrected chi connectivity index (χ4v) is 3.51. The molecule has 0 spiro atoms. The molecule has 0 aliphatic heterocycles. The molecule has 0 atom stereocenters. The third-order valence-electron chi connectivity index (χ3n) is 1.92. The van der Waals surface area contributed by atoms with Crippen LogP contribution in [0.5, 0.6) is 0 Å². The molecule has 0 aliphatic carbocycles. The van der Waals surface area contributed by atoms with Crippen molar-refractivity contribution in [2.45, 2.75) is 24.4 Å². The topological polar surface area (TPSA) is 114 Å². The molecule has 0 saturated heterocycles. The van der Waals surface area contributed by atoms with Crippen LogP contribution < -0.4 is 4.72 Å². The van der Waals surface area contributed by atoms with E-state index in [0.29, 0.717) is 0 Å². The highest BCUT2D eigenvalue weighted by atomic mass is 79.9. The van der Waals surface area contributed by atoms with Gasteiger partial charge in [0.2, 0.25) is 5.03 Å². The van der Waals surface area contributed by atoms with Crippen LogP contribution in [-0.2, 0) is 21.9 Å². The van der Waals surface area contributed by atoms with Gasteiger partial charge < -0.3 is 5.11 Å². The maximum absolute atomic E-state index is 11.9. The van der Waals surface area contributed by atoms with Gasteiger partial charge in [-0.05, 0) is 29.8 Å². The molecule has 2 N–H and O–H groups in total. The van der Waals surface area contributed by atoms with Crippen molar-refractivity contribution in [3.8, 4) is 0 Å². The summed E-state index contributed by atoms with van der Waals surface area (Å²) in [5.74, 6) is -1.28. The molecule has 1 rings (SSSR count). The molecular formula is C7H11BrN4O4S. The summed E-state index contributed by atoms with van der Waals surface area (Å²) in [6.45, 7) is 2.48. The van der Waals surface area contributed by atoms with Gasteiger partial charge in [-0.2, -0.15) is 4.72 Å². The highest BCUT2D eigenvalue weighted by Crippen LogP contribution is 2.19. The summed E-state index contributed by atoms with van der Waals surface area (Å²) in [7, 11) is -2.63. The van der Waals surface area contributed by atoms with Crippen molar-refractivity contribution in [1.82, 2.24) is 19.7 Å². The van der Waals surface area contributed by atoms with Crippen LogP contribution in [0.1, 0.15) is 13.8 Å². The highest BCUT2D eigenvalue weighted by Gasteiger charge is 2.35. The molecule has 10 heteroatoms. The third-order valence-corrected chi connectivity index (χ3v) is 4.46. The Kier molecular flexibility index (Phi) is 3.60. The minimum atomic E-state index is -4.02. The summed E-state index contributed by atoms with van der Waals surface area (Å²) >= 11 is 2.94. The van der Waals surface area contributed by atoms with E-state index in [2.05, 4.69) is 31.0 Å². The Balaban J connectivity index is 3.19. The average molecular weight is 327 g/mol. The molecule has 0 fully saturated rings. The number of nitrogens with zero attached hydrogens (tertiary/aromatic N) is 3. The van der Waals surface area contributed by atoms with E-state index in [1.54, 1.807) is 0 Å². The van der Waals surface area contributed by atoms with E-state index >= 15 is 0 Å². The van der Waals surface area contributed by atoms with Gasteiger partial charge in [-0.1, -0.05) is 5.21 Å². The lowest BCUT2D eigenvalue weighted by Crippen LogP contribution is -2.49. The molecular weight excluding hydrogens is 316 g/mol. The first kappa shape index (κ1) is 14.1. The predicted molar refractivity (Wildman–Crippen MR) is 60.7 cm³/mol. The van der Waals surface area contributed by atoms with Gasteiger partial charge in [0, 0.05) is 7.05 Å². The van der Waals surface area contributed by atoms with Gasteiger partial charge in [-0.15, -0.1) is 5.10 Å². The van der Waals surface area contributed by atoms with Crippen molar-refractivity contribution in [1.29, 1.82) is 0 Å². The van der Waals surface area contributed by atoms with Crippen molar-refractivity contribution in [2.75, 3.05) is 0 Å². The monoisotopic (exact) mass is 326 g/mol. The van der Waals surface area contributed by atoms with Gasteiger partial charge in [-0.3, -0.25) is 4.79 Å². The number of sulfonamides is 1. The highest BCUT2D eigenvalue weighted by molar-refractivity contribution is 9.10. The van der Waals surface area contributed by atoms with E-state index < -0.39 is 21.5 Å². The molecule has 0 aromatic carbocycles. The Bertz CT molecular complexity index is 531. The number of carboxylic acid groups (broad SMARTS) is 1. The van der Waals surface area contributed by atoms with E-state index in [9.17, 15) is 13.2 Å². The number of hydrogen-bond donors (Lipinski definition) is 2. The van der Waals surface area contributed by atoms with Crippen LogP contribution in [0.25, 0.3) is 0 Å². The third kappa shape index (κ3) is 2.82. The number of aromatic nitrogens is 3. The van der Waals surface area contributed by atoms with Crippen molar-refractivity contribution in [2.24, 2.45) is 7.05 Å². The number of rotatable bonds is 4. The van der Waals surface area contributed by atoms with E-state index in [0.717, 1.165) is 4.68 Å². The zero-order chi connectivity index (χ0) is 13.4. The van der Waals surface area contributed by atoms with Crippen LogP contribution in [0.4, 0.5) is 0 Å². The van der Waals surface area contributed by atoms with Crippen LogP contribution in [0, 0.1) is 0 Å².